The van der Waals surface area contributed by atoms with Crippen LogP contribution in [0.5, 0.6) is 0 Å². The van der Waals surface area contributed by atoms with E-state index in [1.807, 2.05) is 0 Å². The number of aliphatic carboxylic acids is 2. The van der Waals surface area contributed by atoms with E-state index >= 15 is 0 Å². The molecule has 0 saturated heterocycles. The molecule has 0 rings (SSSR count). The molecule has 0 amide bonds. The van der Waals surface area contributed by atoms with Gasteiger partial charge in [0.25, 0.3) is 0 Å². The van der Waals surface area contributed by atoms with E-state index in [-0.39, 0.29) is 72.0 Å². The van der Waals surface area contributed by atoms with Crippen molar-refractivity contribution in [3.63, 3.8) is 0 Å². The predicted octanol–water partition coefficient (Wildman–Crippen LogP) is -8.07. The first-order valence-electron chi connectivity index (χ1n) is 3.41. The zero-order valence-corrected chi connectivity index (χ0v) is 14.1. The van der Waals surface area contributed by atoms with E-state index in [9.17, 15) is 9.59 Å². The molecule has 12 heteroatoms. The molecule has 0 aliphatic rings. The van der Waals surface area contributed by atoms with Crippen LogP contribution in [0.4, 0.5) is 0 Å². The van der Waals surface area contributed by atoms with Crippen LogP contribution in [-0.4, -0.2) is 45.7 Å². The molecule has 0 aliphatic carbocycles. The minimum absolute atomic E-state index is 0. The number of carbonyl (C=O) groups is 2. The molecular weight excluding hydrogens is 280 g/mol. The normalized spacial score (nSPS) is 10.8. The second kappa shape index (κ2) is 13.2. The van der Waals surface area contributed by atoms with E-state index in [4.69, 9.17) is 33.5 Å². The summed E-state index contributed by atoms with van der Waals surface area (Å²) in [6, 6.07) is -1.06. The van der Waals surface area contributed by atoms with Crippen LogP contribution < -0.4 is 64.8 Å². The zero-order valence-electron chi connectivity index (χ0n) is 9.32. The van der Waals surface area contributed by atoms with Gasteiger partial charge in [0.1, 0.15) is 6.04 Å². The maximum atomic E-state index is 9.99. The van der Waals surface area contributed by atoms with E-state index in [1.165, 1.54) is 0 Å². The molecule has 0 bridgehead atoms. The minimum Gasteiger partial charge on any atom is -0.759 e. The van der Waals surface area contributed by atoms with Crippen molar-refractivity contribution in [1.82, 2.24) is 0 Å². The molecule has 9 nitrogen and oxygen atoms in total. The fraction of sp³-hybridized carbons (Fsp3) is 0.600. The summed E-state index contributed by atoms with van der Waals surface area (Å²) >= 11 is 0. The first-order chi connectivity index (χ1) is 6.54. The van der Waals surface area contributed by atoms with Gasteiger partial charge in [0, 0.05) is 16.8 Å². The van der Waals surface area contributed by atoms with Crippen LogP contribution in [0.1, 0.15) is 12.8 Å². The van der Waals surface area contributed by atoms with E-state index in [2.05, 4.69) is 0 Å². The topological polar surface area (TPSA) is 181 Å². The summed E-state index contributed by atoms with van der Waals surface area (Å²) in [5.74, 6) is -2.20. The van der Waals surface area contributed by atoms with Crippen molar-refractivity contribution in [1.29, 1.82) is 0 Å². The summed E-state index contributed by atoms with van der Waals surface area (Å²) in [6.07, 6.45) is -0.224. The van der Waals surface area contributed by atoms with Crippen molar-refractivity contribution in [2.45, 2.75) is 18.9 Å². The van der Waals surface area contributed by atoms with E-state index in [1.54, 1.807) is 0 Å². The van der Waals surface area contributed by atoms with Gasteiger partial charge < -0.3 is 25.1 Å². The van der Waals surface area contributed by atoms with Gasteiger partial charge in [0.05, 0.1) is 0 Å². The molecule has 0 aromatic carbocycles. The van der Waals surface area contributed by atoms with Gasteiger partial charge in [0.2, 0.25) is 0 Å². The molecule has 0 spiro atoms. The molecule has 17 heavy (non-hydrogen) atoms. The monoisotopic (exact) mass is 289 g/mol. The number of hydrogen-bond acceptors (Lipinski definition) is 7. The largest absolute Gasteiger partial charge is 1.00 e. The number of rotatable bonds is 4. The second-order valence-electron chi connectivity index (χ2n) is 2.29. The Morgan fingerprint density at radius 3 is 1.65 bits per heavy atom. The van der Waals surface area contributed by atoms with Gasteiger partial charge in [-0.2, -0.15) is 0 Å². The summed E-state index contributed by atoms with van der Waals surface area (Å²) < 4.78 is 34.1. The maximum Gasteiger partial charge on any atom is 1.00 e. The molecule has 0 fully saturated rings. The fourth-order valence-electron chi connectivity index (χ4n) is 0.402. The summed E-state index contributed by atoms with van der Waals surface area (Å²) in [6.45, 7) is 0. The van der Waals surface area contributed by atoms with Crippen LogP contribution in [0, 0.1) is 0 Å². The predicted molar refractivity (Wildman–Crippen MR) is 43.0 cm³/mol. The van der Waals surface area contributed by atoms with Crippen LogP contribution in [0.2, 0.25) is 0 Å². The van der Waals surface area contributed by atoms with Gasteiger partial charge in [0.15, 0.2) is 0 Å². The van der Waals surface area contributed by atoms with Crippen LogP contribution in [0.25, 0.3) is 0 Å². The Balaban J connectivity index is -0.000000105. The third-order valence-corrected chi connectivity index (χ3v) is 0.986. The smallest absolute Gasteiger partial charge is 0.759 e. The molecule has 0 radical (unpaired) electrons. The van der Waals surface area contributed by atoms with E-state index in [0.717, 1.165) is 0 Å². The molecule has 0 saturated carbocycles. The van der Waals surface area contributed by atoms with Crippen LogP contribution in [0.15, 0.2) is 0 Å². The molecule has 0 unspecified atom stereocenters. The number of hydrogen-bond donors (Lipinski definition) is 3. The SMILES string of the molecule is N[C@@H](CCC(=O)O)C(=O)O.O=S(=O)([O-])[O-].[Na+].[Na+]. The standard InChI is InChI=1S/C5H9NO4.2Na.H2O4S/c6-3(5(9)10)1-2-4(7)8;;;1-5(2,3)4/h3H,1-2,6H2,(H,7,8)(H,9,10);;;(H2,1,2,3,4)/q;2*+1;/p-2/t3-;;;/m0.../s1. The van der Waals surface area contributed by atoms with Crippen molar-refractivity contribution in [3.8, 4) is 0 Å². The average molecular weight is 289 g/mol. The average Bonchev–Trinajstić information content (AvgIpc) is 1.96. The Labute approximate surface area is 142 Å². The van der Waals surface area contributed by atoms with Crippen molar-refractivity contribution < 1.29 is 96.4 Å². The summed E-state index contributed by atoms with van der Waals surface area (Å²) in [5, 5.41) is 16.3. The molecule has 90 valence electrons. The van der Waals surface area contributed by atoms with Crippen LogP contribution in [0.3, 0.4) is 0 Å². The molecule has 0 aromatic rings. The summed E-state index contributed by atoms with van der Waals surface area (Å²) in [4.78, 5) is 19.9. The number of carboxylic acids is 2. The van der Waals surface area contributed by atoms with E-state index < -0.39 is 28.4 Å². The minimum atomic E-state index is -5.17. The van der Waals surface area contributed by atoms with Crippen LogP contribution in [-0.2, 0) is 20.0 Å². The van der Waals surface area contributed by atoms with Gasteiger partial charge in [-0.3, -0.25) is 18.0 Å². The Morgan fingerprint density at radius 2 is 1.47 bits per heavy atom. The van der Waals surface area contributed by atoms with Gasteiger partial charge in [-0.05, 0) is 6.42 Å². The van der Waals surface area contributed by atoms with Crippen molar-refractivity contribution in [2.24, 2.45) is 5.73 Å². The van der Waals surface area contributed by atoms with Gasteiger partial charge in [-0.1, -0.05) is 0 Å². The van der Waals surface area contributed by atoms with E-state index in [0.29, 0.717) is 0 Å². The Bertz CT molecular complexity index is 310. The Morgan fingerprint density at radius 1 is 1.18 bits per heavy atom. The van der Waals surface area contributed by atoms with Gasteiger partial charge in [-0.25, -0.2) is 0 Å². The van der Waals surface area contributed by atoms with Crippen molar-refractivity contribution in [2.75, 3.05) is 0 Å². The summed E-state index contributed by atoms with van der Waals surface area (Å²) in [5.41, 5.74) is 5.00. The molecule has 1 atom stereocenters. The number of nitrogens with two attached hydrogens (primary N) is 1. The molecular formula is C5H9NNa2O8S. The Kier molecular flexibility index (Phi) is 20.5. The zero-order chi connectivity index (χ0) is 12.6. The molecule has 4 N–H and O–H groups in total. The van der Waals surface area contributed by atoms with Crippen molar-refractivity contribution in [3.05, 3.63) is 0 Å². The molecule has 0 aromatic heterocycles. The van der Waals surface area contributed by atoms with Gasteiger partial charge >= 0.3 is 71.1 Å². The fourth-order valence-corrected chi connectivity index (χ4v) is 0.402. The van der Waals surface area contributed by atoms with Gasteiger partial charge in [-0.15, -0.1) is 0 Å². The second-order valence-corrected chi connectivity index (χ2v) is 3.10. The third kappa shape index (κ3) is 38.3. The quantitative estimate of drug-likeness (QED) is 0.257. The third-order valence-electron chi connectivity index (χ3n) is 0.986. The number of carboxylic acid groups (broad SMARTS) is 2. The summed E-state index contributed by atoms with van der Waals surface area (Å²) in [7, 11) is -5.17. The molecule has 0 aliphatic heterocycles. The maximum absolute atomic E-state index is 9.99. The Hall–Kier alpha value is 0.770. The van der Waals surface area contributed by atoms with Crippen LogP contribution >= 0.6 is 0 Å². The first-order valence-corrected chi connectivity index (χ1v) is 4.74. The first kappa shape index (κ1) is 26.4. The van der Waals surface area contributed by atoms with Crippen molar-refractivity contribution >= 4 is 22.3 Å². The molecule has 0 heterocycles.